The van der Waals surface area contributed by atoms with Gasteiger partial charge in [-0.1, -0.05) is 18.2 Å². The molecule has 0 heterocycles. The van der Waals surface area contributed by atoms with Gasteiger partial charge in [-0.25, -0.2) is 4.79 Å². The van der Waals surface area contributed by atoms with Crippen molar-refractivity contribution in [1.82, 2.24) is 10.2 Å². The molecule has 1 aromatic rings. The Labute approximate surface area is 133 Å². The number of para-hydroxylation sites is 1. The first-order chi connectivity index (χ1) is 10.2. The minimum Gasteiger partial charge on any atom is -0.496 e. The van der Waals surface area contributed by atoms with Gasteiger partial charge in [-0.15, -0.1) is 0 Å². The van der Waals surface area contributed by atoms with Gasteiger partial charge < -0.3 is 20.1 Å². The summed E-state index contributed by atoms with van der Waals surface area (Å²) in [5.74, 6) is 0.744. The number of hydrogen-bond acceptors (Lipinski definition) is 3. The van der Waals surface area contributed by atoms with Gasteiger partial charge in [0.05, 0.1) is 25.3 Å². The number of benzene rings is 1. The van der Waals surface area contributed by atoms with E-state index < -0.39 is 5.60 Å². The fraction of sp³-hybridized carbons (Fsp3) is 0.588. The van der Waals surface area contributed by atoms with Crippen molar-refractivity contribution in [2.75, 3.05) is 13.7 Å². The van der Waals surface area contributed by atoms with Crippen molar-refractivity contribution in [3.8, 4) is 5.75 Å². The van der Waals surface area contributed by atoms with Crippen LogP contribution in [0.3, 0.4) is 0 Å². The minimum absolute atomic E-state index is 0.00343. The molecule has 0 aliphatic rings. The number of nitrogens with zero attached hydrogens (tertiary/aromatic N) is 1. The molecule has 0 aliphatic carbocycles. The molecule has 0 aromatic heterocycles. The lowest BCUT2D eigenvalue weighted by atomic mass is 10.1. The number of rotatable bonds is 6. The number of hydrogen-bond donors (Lipinski definition) is 2. The van der Waals surface area contributed by atoms with Gasteiger partial charge in [0, 0.05) is 11.6 Å². The van der Waals surface area contributed by atoms with Crippen LogP contribution in [0.25, 0.3) is 0 Å². The summed E-state index contributed by atoms with van der Waals surface area (Å²) in [6, 6.07) is 7.22. The van der Waals surface area contributed by atoms with Crippen LogP contribution < -0.4 is 10.1 Å². The summed E-state index contributed by atoms with van der Waals surface area (Å²) in [5.41, 5.74) is -0.0136. The summed E-state index contributed by atoms with van der Waals surface area (Å²) in [5, 5.41) is 12.9. The molecule has 0 radical (unpaired) electrons. The highest BCUT2D eigenvalue weighted by molar-refractivity contribution is 5.75. The maximum absolute atomic E-state index is 12.5. The zero-order valence-corrected chi connectivity index (χ0v) is 14.4. The Balaban J connectivity index is 2.84. The van der Waals surface area contributed by atoms with Crippen LogP contribution in [0.4, 0.5) is 4.79 Å². The zero-order chi connectivity index (χ0) is 16.9. The first-order valence-corrected chi connectivity index (χ1v) is 7.58. The fourth-order valence-corrected chi connectivity index (χ4v) is 2.28. The van der Waals surface area contributed by atoms with Crippen molar-refractivity contribution in [1.29, 1.82) is 0 Å². The van der Waals surface area contributed by atoms with E-state index in [1.165, 1.54) is 0 Å². The van der Waals surface area contributed by atoms with Gasteiger partial charge in [-0.05, 0) is 40.7 Å². The molecule has 0 bridgehead atoms. The van der Waals surface area contributed by atoms with Crippen LogP contribution in [0, 0.1) is 0 Å². The molecule has 124 valence electrons. The third-order valence-electron chi connectivity index (χ3n) is 3.39. The average Bonchev–Trinajstić information content (AvgIpc) is 2.43. The van der Waals surface area contributed by atoms with Crippen molar-refractivity contribution in [2.24, 2.45) is 0 Å². The SMILES string of the molecule is COc1ccccc1[C@H](C)NC(=O)N(CC(C)(C)O)C(C)C. The smallest absolute Gasteiger partial charge is 0.318 e. The average molecular weight is 308 g/mol. The number of aliphatic hydroxyl groups is 1. The summed E-state index contributed by atoms with van der Waals surface area (Å²) < 4.78 is 5.33. The maximum atomic E-state index is 12.5. The zero-order valence-electron chi connectivity index (χ0n) is 14.4. The minimum atomic E-state index is -0.935. The van der Waals surface area contributed by atoms with Gasteiger partial charge in [0.1, 0.15) is 5.75 Å². The second-order valence-electron chi connectivity index (χ2n) is 6.45. The van der Waals surface area contributed by atoms with E-state index in [0.717, 1.165) is 11.3 Å². The van der Waals surface area contributed by atoms with Crippen LogP contribution >= 0.6 is 0 Å². The highest BCUT2D eigenvalue weighted by Crippen LogP contribution is 2.24. The highest BCUT2D eigenvalue weighted by atomic mass is 16.5. The molecular weight excluding hydrogens is 280 g/mol. The normalized spacial score (nSPS) is 12.9. The van der Waals surface area contributed by atoms with Gasteiger partial charge in [-0.2, -0.15) is 0 Å². The molecule has 0 spiro atoms. The van der Waals surface area contributed by atoms with Crippen molar-refractivity contribution in [2.45, 2.75) is 52.3 Å². The quantitative estimate of drug-likeness (QED) is 0.849. The van der Waals surface area contributed by atoms with Crippen molar-refractivity contribution in [3.05, 3.63) is 29.8 Å². The van der Waals surface area contributed by atoms with E-state index in [9.17, 15) is 9.90 Å². The Hall–Kier alpha value is -1.75. The van der Waals surface area contributed by atoms with Crippen LogP contribution in [0.15, 0.2) is 24.3 Å². The van der Waals surface area contributed by atoms with E-state index in [2.05, 4.69) is 5.32 Å². The Bertz CT molecular complexity index is 495. The second-order valence-corrected chi connectivity index (χ2v) is 6.45. The number of methoxy groups -OCH3 is 1. The molecule has 5 heteroatoms. The summed E-state index contributed by atoms with van der Waals surface area (Å²) in [6.07, 6.45) is 0. The first kappa shape index (κ1) is 18.3. The summed E-state index contributed by atoms with van der Waals surface area (Å²) in [6.45, 7) is 9.43. The molecule has 1 atom stereocenters. The van der Waals surface area contributed by atoms with E-state index in [0.29, 0.717) is 0 Å². The van der Waals surface area contributed by atoms with Crippen LogP contribution in [0.5, 0.6) is 5.75 Å². The molecule has 0 saturated heterocycles. The molecule has 5 nitrogen and oxygen atoms in total. The third kappa shape index (κ3) is 5.22. The van der Waals surface area contributed by atoms with Crippen LogP contribution in [0.1, 0.15) is 46.2 Å². The maximum Gasteiger partial charge on any atom is 0.318 e. The molecule has 0 fully saturated rings. The molecule has 2 amide bonds. The van der Waals surface area contributed by atoms with Gasteiger partial charge in [0.25, 0.3) is 0 Å². The van der Waals surface area contributed by atoms with Crippen LogP contribution in [-0.4, -0.2) is 41.3 Å². The molecule has 0 unspecified atom stereocenters. The van der Waals surface area contributed by atoms with Gasteiger partial charge in [0.15, 0.2) is 0 Å². The Morgan fingerprint density at radius 2 is 1.91 bits per heavy atom. The largest absolute Gasteiger partial charge is 0.496 e. The lowest BCUT2D eigenvalue weighted by molar-refractivity contribution is 0.0383. The summed E-state index contributed by atoms with van der Waals surface area (Å²) >= 11 is 0. The molecule has 1 aromatic carbocycles. The van der Waals surface area contributed by atoms with E-state index in [-0.39, 0.29) is 24.7 Å². The standard InChI is InChI=1S/C17H28N2O3/c1-12(2)19(11-17(4,5)21)16(20)18-13(3)14-9-7-8-10-15(14)22-6/h7-10,12-13,21H,11H2,1-6H3,(H,18,20)/t13-/m0/s1. The van der Waals surface area contributed by atoms with E-state index in [1.54, 1.807) is 25.9 Å². The molecular formula is C17H28N2O3. The fourth-order valence-electron chi connectivity index (χ4n) is 2.28. The number of carbonyl (C=O) groups excluding carboxylic acids is 1. The summed E-state index contributed by atoms with van der Waals surface area (Å²) in [4.78, 5) is 14.1. The van der Waals surface area contributed by atoms with Gasteiger partial charge >= 0.3 is 6.03 Å². The lowest BCUT2D eigenvalue weighted by Crippen LogP contribution is -2.50. The van der Waals surface area contributed by atoms with E-state index in [1.807, 2.05) is 45.0 Å². The Morgan fingerprint density at radius 1 is 1.32 bits per heavy atom. The van der Waals surface area contributed by atoms with Crippen molar-refractivity contribution in [3.63, 3.8) is 0 Å². The second kappa shape index (κ2) is 7.49. The van der Waals surface area contributed by atoms with Gasteiger partial charge in [-0.3, -0.25) is 0 Å². The van der Waals surface area contributed by atoms with E-state index >= 15 is 0 Å². The molecule has 0 saturated carbocycles. The highest BCUT2D eigenvalue weighted by Gasteiger charge is 2.26. The molecule has 0 aliphatic heterocycles. The summed E-state index contributed by atoms with van der Waals surface area (Å²) in [7, 11) is 1.61. The lowest BCUT2D eigenvalue weighted by Gasteiger charge is -2.33. The number of urea groups is 1. The first-order valence-electron chi connectivity index (χ1n) is 7.58. The monoisotopic (exact) mass is 308 g/mol. The third-order valence-corrected chi connectivity index (χ3v) is 3.39. The predicted molar refractivity (Wildman–Crippen MR) is 88.1 cm³/mol. The predicted octanol–water partition coefficient (Wildman–Crippen LogP) is 2.95. The van der Waals surface area contributed by atoms with Crippen molar-refractivity contribution >= 4 is 6.03 Å². The number of amides is 2. The Morgan fingerprint density at radius 3 is 2.41 bits per heavy atom. The van der Waals surface area contributed by atoms with Crippen molar-refractivity contribution < 1.29 is 14.6 Å². The van der Waals surface area contributed by atoms with Crippen LogP contribution in [-0.2, 0) is 0 Å². The topological polar surface area (TPSA) is 61.8 Å². The van der Waals surface area contributed by atoms with E-state index in [4.69, 9.17) is 4.74 Å². The molecule has 22 heavy (non-hydrogen) atoms. The van der Waals surface area contributed by atoms with Crippen LogP contribution in [0.2, 0.25) is 0 Å². The van der Waals surface area contributed by atoms with Gasteiger partial charge in [0.2, 0.25) is 0 Å². The number of ether oxygens (including phenoxy) is 1. The number of nitrogens with one attached hydrogen (secondary N) is 1. The Kier molecular flexibility index (Phi) is 6.23. The molecule has 1 rings (SSSR count). The molecule has 2 N–H and O–H groups in total. The number of carbonyl (C=O) groups is 1.